The van der Waals surface area contributed by atoms with E-state index >= 15 is 0 Å². The third-order valence-electron chi connectivity index (χ3n) is 2.96. The predicted octanol–water partition coefficient (Wildman–Crippen LogP) is 3.99. The minimum absolute atomic E-state index is 0.494. The highest BCUT2D eigenvalue weighted by molar-refractivity contribution is 14.1. The highest BCUT2D eigenvalue weighted by Gasteiger charge is 2.14. The third kappa shape index (κ3) is 3.76. The normalized spacial score (nSPS) is 14.9. The molecule has 0 aliphatic carbocycles. The summed E-state index contributed by atoms with van der Waals surface area (Å²) in [6, 6.07) is 9.12. The van der Waals surface area contributed by atoms with Gasteiger partial charge in [-0.1, -0.05) is 38.5 Å². The van der Waals surface area contributed by atoms with Crippen LogP contribution in [-0.4, -0.2) is 7.05 Å². The molecule has 0 spiro atoms. The molecule has 0 saturated carbocycles. The lowest BCUT2D eigenvalue weighted by Gasteiger charge is -2.21. The predicted molar refractivity (Wildman–Crippen MR) is 75.0 cm³/mol. The molecule has 1 nitrogen and oxygen atoms in total. The van der Waals surface area contributed by atoms with E-state index in [1.54, 1.807) is 0 Å². The molecule has 0 fully saturated rings. The van der Waals surface area contributed by atoms with Crippen molar-refractivity contribution in [3.05, 3.63) is 33.4 Å². The van der Waals surface area contributed by atoms with E-state index in [1.807, 2.05) is 0 Å². The lowest BCUT2D eigenvalue weighted by atomic mass is 9.94. The van der Waals surface area contributed by atoms with Crippen LogP contribution in [0, 0.1) is 9.49 Å². The van der Waals surface area contributed by atoms with Gasteiger partial charge in [-0.05, 0) is 53.6 Å². The molecule has 1 N–H and O–H groups in total. The summed E-state index contributed by atoms with van der Waals surface area (Å²) >= 11 is 2.42. The van der Waals surface area contributed by atoms with E-state index < -0.39 is 0 Å². The van der Waals surface area contributed by atoms with Gasteiger partial charge in [-0.25, -0.2) is 0 Å². The number of hydrogen-bond acceptors (Lipinski definition) is 1. The molecule has 0 bridgehead atoms. The first-order valence-electron chi connectivity index (χ1n) is 5.60. The van der Waals surface area contributed by atoms with E-state index in [4.69, 9.17) is 0 Å². The Morgan fingerprint density at radius 3 is 2.53 bits per heavy atom. The van der Waals surface area contributed by atoms with Crippen molar-refractivity contribution in [2.45, 2.75) is 32.7 Å². The molecule has 0 aromatic heterocycles. The molecule has 2 heteroatoms. The van der Waals surface area contributed by atoms with Crippen LogP contribution in [0.4, 0.5) is 0 Å². The summed E-state index contributed by atoms with van der Waals surface area (Å²) in [5, 5.41) is 3.42. The van der Waals surface area contributed by atoms with Gasteiger partial charge >= 0.3 is 0 Å². The SMILES string of the molecule is CCC(C)CC(NC)c1ccccc1I. The quantitative estimate of drug-likeness (QED) is 0.810. The van der Waals surface area contributed by atoms with Gasteiger partial charge < -0.3 is 5.32 Å². The van der Waals surface area contributed by atoms with Gasteiger partial charge in [0, 0.05) is 9.61 Å². The van der Waals surface area contributed by atoms with Gasteiger partial charge in [0.25, 0.3) is 0 Å². The van der Waals surface area contributed by atoms with Crippen molar-refractivity contribution >= 4 is 22.6 Å². The molecule has 0 amide bonds. The molecule has 2 unspecified atom stereocenters. The van der Waals surface area contributed by atoms with Crippen molar-refractivity contribution < 1.29 is 0 Å². The summed E-state index contributed by atoms with van der Waals surface area (Å²) in [5.41, 5.74) is 1.43. The van der Waals surface area contributed by atoms with Crippen LogP contribution in [0.5, 0.6) is 0 Å². The smallest absolute Gasteiger partial charge is 0.0330 e. The van der Waals surface area contributed by atoms with Crippen LogP contribution in [0.25, 0.3) is 0 Å². The van der Waals surface area contributed by atoms with Crippen molar-refractivity contribution in [3.63, 3.8) is 0 Å². The van der Waals surface area contributed by atoms with Crippen molar-refractivity contribution in [2.75, 3.05) is 7.05 Å². The topological polar surface area (TPSA) is 12.0 Å². The Kier molecular flexibility index (Phi) is 5.61. The molecule has 0 aliphatic heterocycles. The number of nitrogens with one attached hydrogen (secondary N) is 1. The number of rotatable bonds is 5. The average molecular weight is 317 g/mol. The Morgan fingerprint density at radius 2 is 2.00 bits per heavy atom. The molecule has 15 heavy (non-hydrogen) atoms. The van der Waals surface area contributed by atoms with Crippen LogP contribution < -0.4 is 5.32 Å². The van der Waals surface area contributed by atoms with Crippen LogP contribution in [0.2, 0.25) is 0 Å². The lowest BCUT2D eigenvalue weighted by Crippen LogP contribution is -2.19. The number of benzene rings is 1. The van der Waals surface area contributed by atoms with Crippen LogP contribution in [0.1, 0.15) is 38.3 Å². The average Bonchev–Trinajstić information content (AvgIpc) is 2.26. The summed E-state index contributed by atoms with van der Waals surface area (Å²) in [6.45, 7) is 4.58. The van der Waals surface area contributed by atoms with Gasteiger partial charge in [0.2, 0.25) is 0 Å². The van der Waals surface area contributed by atoms with E-state index in [-0.39, 0.29) is 0 Å². The van der Waals surface area contributed by atoms with E-state index in [1.165, 1.54) is 22.0 Å². The number of hydrogen-bond donors (Lipinski definition) is 1. The molecule has 2 atom stereocenters. The molecular formula is C13H20IN. The standard InChI is InChI=1S/C13H20IN/c1-4-10(2)9-13(15-3)11-7-5-6-8-12(11)14/h5-8,10,13,15H,4,9H2,1-3H3. The van der Waals surface area contributed by atoms with Crippen LogP contribution in [0.15, 0.2) is 24.3 Å². The fraction of sp³-hybridized carbons (Fsp3) is 0.538. The zero-order chi connectivity index (χ0) is 11.3. The third-order valence-corrected chi connectivity index (χ3v) is 3.95. The van der Waals surface area contributed by atoms with Gasteiger partial charge in [-0.15, -0.1) is 0 Å². The van der Waals surface area contributed by atoms with E-state index in [9.17, 15) is 0 Å². The van der Waals surface area contributed by atoms with E-state index in [0.717, 1.165) is 5.92 Å². The summed E-state index contributed by atoms with van der Waals surface area (Å²) < 4.78 is 1.36. The van der Waals surface area contributed by atoms with Gasteiger partial charge in [0.1, 0.15) is 0 Å². The molecular weight excluding hydrogens is 297 g/mol. The molecule has 0 saturated heterocycles. The largest absolute Gasteiger partial charge is 0.313 e. The second-order valence-corrected chi connectivity index (χ2v) is 5.27. The van der Waals surface area contributed by atoms with E-state index in [0.29, 0.717) is 6.04 Å². The molecule has 0 radical (unpaired) electrons. The monoisotopic (exact) mass is 317 g/mol. The first kappa shape index (κ1) is 13.0. The zero-order valence-electron chi connectivity index (χ0n) is 9.76. The summed E-state index contributed by atoms with van der Waals surface area (Å²) in [4.78, 5) is 0. The molecule has 84 valence electrons. The van der Waals surface area contributed by atoms with Gasteiger partial charge in [0.05, 0.1) is 0 Å². The zero-order valence-corrected chi connectivity index (χ0v) is 11.9. The Hall–Kier alpha value is -0.0900. The van der Waals surface area contributed by atoms with Gasteiger partial charge in [-0.3, -0.25) is 0 Å². The van der Waals surface area contributed by atoms with Crippen molar-refractivity contribution in [1.29, 1.82) is 0 Å². The van der Waals surface area contributed by atoms with Crippen LogP contribution in [-0.2, 0) is 0 Å². The maximum absolute atomic E-state index is 3.42. The minimum Gasteiger partial charge on any atom is -0.313 e. The summed E-state index contributed by atoms with van der Waals surface area (Å²) in [6.07, 6.45) is 2.47. The fourth-order valence-corrected chi connectivity index (χ4v) is 2.49. The molecule has 1 rings (SSSR count). The van der Waals surface area contributed by atoms with Crippen molar-refractivity contribution in [1.82, 2.24) is 5.32 Å². The fourth-order valence-electron chi connectivity index (χ4n) is 1.73. The second-order valence-electron chi connectivity index (χ2n) is 4.11. The van der Waals surface area contributed by atoms with Crippen molar-refractivity contribution in [2.24, 2.45) is 5.92 Å². The Morgan fingerprint density at radius 1 is 1.33 bits per heavy atom. The molecule has 1 aromatic carbocycles. The minimum atomic E-state index is 0.494. The summed E-state index contributed by atoms with van der Waals surface area (Å²) in [7, 11) is 2.05. The van der Waals surface area contributed by atoms with Crippen LogP contribution in [0.3, 0.4) is 0 Å². The van der Waals surface area contributed by atoms with Gasteiger partial charge in [-0.2, -0.15) is 0 Å². The first-order chi connectivity index (χ1) is 7.19. The van der Waals surface area contributed by atoms with Crippen LogP contribution >= 0.6 is 22.6 Å². The molecule has 1 aromatic rings. The van der Waals surface area contributed by atoms with Crippen molar-refractivity contribution in [3.8, 4) is 0 Å². The maximum atomic E-state index is 3.42. The van der Waals surface area contributed by atoms with Gasteiger partial charge in [0.15, 0.2) is 0 Å². The number of halogens is 1. The highest BCUT2D eigenvalue weighted by atomic mass is 127. The Balaban J connectivity index is 2.78. The molecule has 0 aliphatic rings. The molecule has 0 heterocycles. The second kappa shape index (κ2) is 6.48. The first-order valence-corrected chi connectivity index (χ1v) is 6.68. The summed E-state index contributed by atoms with van der Waals surface area (Å²) in [5.74, 6) is 0.776. The van der Waals surface area contributed by atoms with E-state index in [2.05, 4.69) is 73.1 Å². The lowest BCUT2D eigenvalue weighted by molar-refractivity contribution is 0.421. The Labute approximate surface area is 107 Å². The maximum Gasteiger partial charge on any atom is 0.0330 e. The Bertz CT molecular complexity index is 298. The highest BCUT2D eigenvalue weighted by Crippen LogP contribution is 2.26.